The molecule has 0 aliphatic heterocycles. The molecule has 0 heterocycles. The number of amides is 1. The average molecular weight is 324 g/mol. The molecule has 24 heavy (non-hydrogen) atoms. The lowest BCUT2D eigenvalue weighted by molar-refractivity contribution is -0.131. The lowest BCUT2D eigenvalue weighted by Gasteiger charge is -2.06. The molecule has 2 rings (SSSR count). The summed E-state index contributed by atoms with van der Waals surface area (Å²) >= 11 is 0. The van der Waals surface area contributed by atoms with E-state index in [1.54, 1.807) is 48.5 Å². The SMILES string of the molecule is NNC=Nc1cccc(C(=O)Nc2ccc(C=CC(=O)O)cc2)c1. The highest BCUT2D eigenvalue weighted by molar-refractivity contribution is 6.04. The zero-order valence-corrected chi connectivity index (χ0v) is 12.6. The summed E-state index contributed by atoms with van der Waals surface area (Å²) in [4.78, 5) is 26.7. The van der Waals surface area contributed by atoms with Crippen LogP contribution in [-0.4, -0.2) is 23.3 Å². The number of carbonyl (C=O) groups excluding carboxylic acids is 1. The quantitative estimate of drug-likeness (QED) is 0.214. The van der Waals surface area contributed by atoms with Crippen molar-refractivity contribution in [1.82, 2.24) is 5.43 Å². The molecule has 122 valence electrons. The predicted molar refractivity (Wildman–Crippen MR) is 93.0 cm³/mol. The summed E-state index contributed by atoms with van der Waals surface area (Å²) in [7, 11) is 0. The van der Waals surface area contributed by atoms with Crippen molar-refractivity contribution in [3.8, 4) is 0 Å². The number of aliphatic carboxylic acids is 1. The molecule has 5 N–H and O–H groups in total. The Hall–Kier alpha value is -3.45. The van der Waals surface area contributed by atoms with E-state index in [-0.39, 0.29) is 5.91 Å². The maximum Gasteiger partial charge on any atom is 0.328 e. The monoisotopic (exact) mass is 324 g/mol. The number of anilines is 1. The number of nitrogens with two attached hydrogens (primary N) is 1. The number of carboxylic acids is 1. The number of nitrogens with zero attached hydrogens (tertiary/aromatic N) is 1. The summed E-state index contributed by atoms with van der Waals surface area (Å²) < 4.78 is 0. The number of hydrogen-bond acceptors (Lipinski definition) is 4. The van der Waals surface area contributed by atoms with E-state index < -0.39 is 5.97 Å². The first kappa shape index (κ1) is 16.9. The number of nitrogens with one attached hydrogen (secondary N) is 2. The molecule has 0 unspecified atom stereocenters. The maximum absolute atomic E-state index is 12.2. The summed E-state index contributed by atoms with van der Waals surface area (Å²) in [6.07, 6.45) is 3.84. The minimum absolute atomic E-state index is 0.276. The van der Waals surface area contributed by atoms with Gasteiger partial charge in [0.25, 0.3) is 5.91 Å². The van der Waals surface area contributed by atoms with Crippen LogP contribution < -0.4 is 16.6 Å². The van der Waals surface area contributed by atoms with E-state index in [4.69, 9.17) is 10.9 Å². The molecule has 0 radical (unpaired) electrons. The molecule has 0 spiro atoms. The average Bonchev–Trinajstić information content (AvgIpc) is 2.59. The normalized spacial score (nSPS) is 10.9. The van der Waals surface area contributed by atoms with Crippen LogP contribution in [0, 0.1) is 0 Å². The highest BCUT2D eigenvalue weighted by Crippen LogP contribution is 2.16. The lowest BCUT2D eigenvalue weighted by Crippen LogP contribution is -2.18. The Balaban J connectivity index is 2.06. The molecular weight excluding hydrogens is 308 g/mol. The number of aliphatic imine (C=N–C) groups is 1. The van der Waals surface area contributed by atoms with Crippen LogP contribution in [0.15, 0.2) is 59.6 Å². The van der Waals surface area contributed by atoms with Crippen LogP contribution in [0.3, 0.4) is 0 Å². The molecule has 0 bridgehead atoms. The van der Waals surface area contributed by atoms with Crippen molar-refractivity contribution in [2.75, 3.05) is 5.32 Å². The molecule has 0 fully saturated rings. The van der Waals surface area contributed by atoms with Gasteiger partial charge in [0.15, 0.2) is 0 Å². The first-order valence-electron chi connectivity index (χ1n) is 6.99. The van der Waals surface area contributed by atoms with Gasteiger partial charge in [0.1, 0.15) is 6.34 Å². The zero-order valence-electron chi connectivity index (χ0n) is 12.6. The third kappa shape index (κ3) is 5.08. The lowest BCUT2D eigenvalue weighted by atomic mass is 10.1. The molecule has 0 atom stereocenters. The Kier molecular flexibility index (Phi) is 5.82. The number of benzene rings is 2. The van der Waals surface area contributed by atoms with Crippen LogP contribution >= 0.6 is 0 Å². The second-order valence-corrected chi connectivity index (χ2v) is 4.72. The summed E-state index contributed by atoms with van der Waals surface area (Å²) in [5.74, 6) is 3.82. The Morgan fingerprint density at radius 3 is 2.54 bits per heavy atom. The summed E-state index contributed by atoms with van der Waals surface area (Å²) in [6.45, 7) is 0. The fourth-order valence-electron chi connectivity index (χ4n) is 1.89. The van der Waals surface area contributed by atoms with Gasteiger partial charge in [-0.2, -0.15) is 0 Å². The van der Waals surface area contributed by atoms with E-state index in [1.165, 1.54) is 12.4 Å². The number of hydrazine groups is 1. The first-order valence-corrected chi connectivity index (χ1v) is 6.99. The van der Waals surface area contributed by atoms with Crippen LogP contribution in [0.25, 0.3) is 6.08 Å². The maximum atomic E-state index is 12.2. The third-order valence-electron chi connectivity index (χ3n) is 2.98. The molecule has 0 saturated heterocycles. The molecular formula is C17H16N4O3. The van der Waals surface area contributed by atoms with Crippen LogP contribution in [0.4, 0.5) is 11.4 Å². The van der Waals surface area contributed by atoms with Crippen molar-refractivity contribution < 1.29 is 14.7 Å². The van der Waals surface area contributed by atoms with Gasteiger partial charge in [0, 0.05) is 17.3 Å². The van der Waals surface area contributed by atoms with E-state index in [9.17, 15) is 9.59 Å². The van der Waals surface area contributed by atoms with Crippen molar-refractivity contribution >= 4 is 35.7 Å². The number of carbonyl (C=O) groups is 2. The van der Waals surface area contributed by atoms with Gasteiger partial charge >= 0.3 is 5.97 Å². The van der Waals surface area contributed by atoms with Gasteiger partial charge in [-0.15, -0.1) is 0 Å². The van der Waals surface area contributed by atoms with Gasteiger partial charge < -0.3 is 15.8 Å². The van der Waals surface area contributed by atoms with Crippen molar-refractivity contribution in [2.24, 2.45) is 10.8 Å². The summed E-state index contributed by atoms with van der Waals surface area (Å²) in [5, 5.41) is 11.3. The van der Waals surface area contributed by atoms with E-state index in [1.807, 2.05) is 0 Å². The Bertz CT molecular complexity index is 783. The van der Waals surface area contributed by atoms with Crippen molar-refractivity contribution in [3.63, 3.8) is 0 Å². The topological polar surface area (TPSA) is 117 Å². The first-order chi connectivity index (χ1) is 11.6. The van der Waals surface area contributed by atoms with Gasteiger partial charge in [-0.05, 0) is 42.0 Å². The second kappa shape index (κ2) is 8.25. The minimum Gasteiger partial charge on any atom is -0.478 e. The number of hydrogen-bond donors (Lipinski definition) is 4. The van der Waals surface area contributed by atoms with Crippen LogP contribution in [0.5, 0.6) is 0 Å². The third-order valence-corrected chi connectivity index (χ3v) is 2.98. The van der Waals surface area contributed by atoms with Crippen molar-refractivity contribution in [3.05, 3.63) is 65.7 Å². The van der Waals surface area contributed by atoms with E-state index in [2.05, 4.69) is 15.7 Å². The number of carboxylic acid groups (broad SMARTS) is 1. The van der Waals surface area contributed by atoms with Gasteiger partial charge in [0.2, 0.25) is 0 Å². The Morgan fingerprint density at radius 1 is 1.12 bits per heavy atom. The minimum atomic E-state index is -1.01. The van der Waals surface area contributed by atoms with Crippen LogP contribution in [0.2, 0.25) is 0 Å². The molecule has 0 aromatic heterocycles. The zero-order chi connectivity index (χ0) is 17.4. The highest BCUT2D eigenvalue weighted by atomic mass is 16.4. The van der Waals surface area contributed by atoms with Crippen molar-refractivity contribution in [1.29, 1.82) is 0 Å². The molecule has 7 nitrogen and oxygen atoms in total. The largest absolute Gasteiger partial charge is 0.478 e. The smallest absolute Gasteiger partial charge is 0.328 e. The van der Waals surface area contributed by atoms with Crippen molar-refractivity contribution in [2.45, 2.75) is 0 Å². The second-order valence-electron chi connectivity index (χ2n) is 4.72. The van der Waals surface area contributed by atoms with Gasteiger partial charge in [-0.25, -0.2) is 15.6 Å². The predicted octanol–water partition coefficient (Wildman–Crippen LogP) is 2.16. The van der Waals surface area contributed by atoms with E-state index >= 15 is 0 Å². The molecule has 7 heteroatoms. The molecule has 2 aromatic carbocycles. The van der Waals surface area contributed by atoms with Gasteiger partial charge in [0.05, 0.1) is 5.69 Å². The van der Waals surface area contributed by atoms with E-state index in [0.717, 1.165) is 11.6 Å². The highest BCUT2D eigenvalue weighted by Gasteiger charge is 2.06. The van der Waals surface area contributed by atoms with Crippen LogP contribution in [-0.2, 0) is 4.79 Å². The molecule has 0 saturated carbocycles. The Labute approximate surface area is 138 Å². The standard InChI is InChI=1S/C17H16N4O3/c18-20-11-19-15-3-1-2-13(10-15)17(24)21-14-7-4-12(5-8-14)6-9-16(22)23/h1-11H,18H2,(H,19,20)(H,21,24)(H,22,23). The fraction of sp³-hybridized carbons (Fsp3) is 0. The number of rotatable bonds is 6. The molecule has 2 aromatic rings. The van der Waals surface area contributed by atoms with Gasteiger partial charge in [-0.3, -0.25) is 4.79 Å². The summed E-state index contributed by atoms with van der Waals surface area (Å²) in [5.41, 5.74) is 4.67. The molecule has 0 aliphatic rings. The summed E-state index contributed by atoms with van der Waals surface area (Å²) in [6, 6.07) is 13.6. The van der Waals surface area contributed by atoms with E-state index in [0.29, 0.717) is 16.9 Å². The van der Waals surface area contributed by atoms with Gasteiger partial charge in [-0.1, -0.05) is 18.2 Å². The van der Waals surface area contributed by atoms with Crippen LogP contribution in [0.1, 0.15) is 15.9 Å². The molecule has 0 aliphatic carbocycles. The Morgan fingerprint density at radius 2 is 1.88 bits per heavy atom. The fourth-order valence-corrected chi connectivity index (χ4v) is 1.89. The molecule has 1 amide bonds.